The van der Waals surface area contributed by atoms with E-state index in [1.807, 2.05) is 0 Å². The van der Waals surface area contributed by atoms with Gasteiger partial charge in [-0.25, -0.2) is 0 Å². The molecule has 116 valence electrons. The number of aliphatic hydroxyl groups excluding tert-OH is 1. The number of hydrogen-bond donors (Lipinski definition) is 2. The number of hydrogen-bond acceptors (Lipinski definition) is 2. The third kappa shape index (κ3) is 4.08. The summed E-state index contributed by atoms with van der Waals surface area (Å²) in [6.45, 7) is 1.62. The van der Waals surface area contributed by atoms with Gasteiger partial charge >= 0.3 is 0 Å². The summed E-state index contributed by atoms with van der Waals surface area (Å²) in [5, 5.41) is 13.7. The molecule has 0 spiro atoms. The summed E-state index contributed by atoms with van der Waals surface area (Å²) in [6.07, 6.45) is 11.4. The maximum absolute atomic E-state index is 10.3. The summed E-state index contributed by atoms with van der Waals surface area (Å²) in [5.74, 6) is 0.523. The molecule has 2 aliphatic carbocycles. The van der Waals surface area contributed by atoms with Crippen molar-refractivity contribution in [2.24, 2.45) is 5.92 Å². The second-order valence-corrected chi connectivity index (χ2v) is 6.91. The van der Waals surface area contributed by atoms with Crippen molar-refractivity contribution >= 4 is 0 Å². The number of aliphatic hydroxyl groups is 1. The van der Waals surface area contributed by atoms with Gasteiger partial charge in [0, 0.05) is 13.1 Å². The lowest BCUT2D eigenvalue weighted by atomic mass is 9.85. The quantitative estimate of drug-likeness (QED) is 0.867. The summed E-state index contributed by atoms with van der Waals surface area (Å²) in [5.41, 5.74) is 4.46. The summed E-state index contributed by atoms with van der Waals surface area (Å²) < 4.78 is 0. The Morgan fingerprint density at radius 3 is 2.57 bits per heavy atom. The Morgan fingerprint density at radius 1 is 1.00 bits per heavy atom. The molecule has 1 fully saturated rings. The zero-order chi connectivity index (χ0) is 14.5. The molecule has 2 heteroatoms. The molecular formula is C19H29NO. The van der Waals surface area contributed by atoms with Gasteiger partial charge in [-0.2, -0.15) is 0 Å². The van der Waals surface area contributed by atoms with Crippen LogP contribution in [-0.4, -0.2) is 17.8 Å². The van der Waals surface area contributed by atoms with Crippen LogP contribution in [0.15, 0.2) is 18.2 Å². The first-order valence-corrected chi connectivity index (χ1v) is 8.82. The molecule has 0 heterocycles. The van der Waals surface area contributed by atoms with E-state index >= 15 is 0 Å². The monoisotopic (exact) mass is 287 g/mol. The molecule has 1 atom stereocenters. The Hall–Kier alpha value is -0.860. The van der Waals surface area contributed by atoms with Gasteiger partial charge in [-0.15, -0.1) is 0 Å². The van der Waals surface area contributed by atoms with Crippen molar-refractivity contribution in [2.75, 3.05) is 6.54 Å². The molecule has 21 heavy (non-hydrogen) atoms. The minimum Gasteiger partial charge on any atom is -0.392 e. The minimum absolute atomic E-state index is 0.164. The van der Waals surface area contributed by atoms with Gasteiger partial charge in [-0.1, -0.05) is 37.5 Å². The SMILES string of the molecule is OC(CNCc1ccc2c(c1)CCCC2)C1CCCCC1. The van der Waals surface area contributed by atoms with Crippen LogP contribution in [0.5, 0.6) is 0 Å². The third-order valence-electron chi connectivity index (χ3n) is 5.29. The van der Waals surface area contributed by atoms with E-state index in [0.29, 0.717) is 5.92 Å². The van der Waals surface area contributed by atoms with E-state index in [2.05, 4.69) is 23.5 Å². The van der Waals surface area contributed by atoms with E-state index in [1.165, 1.54) is 63.4 Å². The van der Waals surface area contributed by atoms with Gasteiger partial charge in [0.15, 0.2) is 0 Å². The first-order valence-electron chi connectivity index (χ1n) is 8.82. The van der Waals surface area contributed by atoms with Crippen molar-refractivity contribution in [2.45, 2.75) is 70.4 Å². The van der Waals surface area contributed by atoms with E-state index in [-0.39, 0.29) is 6.10 Å². The van der Waals surface area contributed by atoms with Crippen molar-refractivity contribution in [1.82, 2.24) is 5.32 Å². The number of rotatable bonds is 5. The van der Waals surface area contributed by atoms with Gasteiger partial charge in [0.05, 0.1) is 6.10 Å². The molecule has 0 radical (unpaired) electrons. The van der Waals surface area contributed by atoms with Crippen molar-refractivity contribution in [3.05, 3.63) is 34.9 Å². The van der Waals surface area contributed by atoms with Crippen LogP contribution < -0.4 is 5.32 Å². The van der Waals surface area contributed by atoms with Crippen molar-refractivity contribution in [3.8, 4) is 0 Å². The average molecular weight is 287 g/mol. The number of fused-ring (bicyclic) bond motifs is 1. The fourth-order valence-electron chi connectivity index (χ4n) is 3.95. The lowest BCUT2D eigenvalue weighted by molar-refractivity contribution is 0.0839. The summed E-state index contributed by atoms with van der Waals surface area (Å²) in [6, 6.07) is 6.93. The van der Waals surface area contributed by atoms with Crippen LogP contribution in [0, 0.1) is 5.92 Å². The van der Waals surface area contributed by atoms with Gasteiger partial charge in [-0.3, -0.25) is 0 Å². The molecule has 2 N–H and O–H groups in total. The fourth-order valence-corrected chi connectivity index (χ4v) is 3.95. The number of nitrogens with one attached hydrogen (secondary N) is 1. The number of benzene rings is 1. The van der Waals surface area contributed by atoms with E-state index in [4.69, 9.17) is 0 Å². The molecule has 1 aromatic carbocycles. The van der Waals surface area contributed by atoms with Crippen molar-refractivity contribution in [3.63, 3.8) is 0 Å². The average Bonchev–Trinajstić information content (AvgIpc) is 2.55. The normalized spacial score (nSPS) is 21.0. The summed E-state index contributed by atoms with van der Waals surface area (Å²) in [4.78, 5) is 0. The molecule has 0 bridgehead atoms. The smallest absolute Gasteiger partial charge is 0.0692 e. The Kier molecular flexibility index (Phi) is 5.32. The van der Waals surface area contributed by atoms with Gasteiger partial charge in [0.1, 0.15) is 0 Å². The van der Waals surface area contributed by atoms with Crippen LogP contribution in [-0.2, 0) is 19.4 Å². The highest BCUT2D eigenvalue weighted by Gasteiger charge is 2.21. The molecule has 0 saturated heterocycles. The van der Waals surface area contributed by atoms with E-state index in [0.717, 1.165) is 13.1 Å². The predicted molar refractivity (Wildman–Crippen MR) is 87.4 cm³/mol. The standard InChI is InChI=1S/C19H29NO/c21-19(17-7-2-1-3-8-17)14-20-13-15-10-11-16-6-4-5-9-18(16)12-15/h10-12,17,19-21H,1-9,13-14H2. The molecule has 2 nitrogen and oxygen atoms in total. The largest absolute Gasteiger partial charge is 0.392 e. The van der Waals surface area contributed by atoms with Crippen LogP contribution in [0.25, 0.3) is 0 Å². The highest BCUT2D eigenvalue weighted by atomic mass is 16.3. The molecule has 1 aromatic rings. The van der Waals surface area contributed by atoms with Gasteiger partial charge in [-0.05, 0) is 61.1 Å². The molecular weight excluding hydrogens is 258 g/mol. The van der Waals surface area contributed by atoms with E-state index in [1.54, 1.807) is 11.1 Å². The third-order valence-corrected chi connectivity index (χ3v) is 5.29. The van der Waals surface area contributed by atoms with E-state index in [9.17, 15) is 5.11 Å². The minimum atomic E-state index is -0.164. The Bertz CT molecular complexity index is 451. The molecule has 0 aromatic heterocycles. The molecule has 3 rings (SSSR count). The first kappa shape index (κ1) is 15.1. The fraction of sp³-hybridized carbons (Fsp3) is 0.684. The first-order chi connectivity index (χ1) is 10.3. The molecule has 1 unspecified atom stereocenters. The molecule has 0 amide bonds. The molecule has 1 saturated carbocycles. The molecule has 2 aliphatic rings. The highest BCUT2D eigenvalue weighted by Crippen LogP contribution is 2.26. The zero-order valence-electron chi connectivity index (χ0n) is 13.1. The second-order valence-electron chi connectivity index (χ2n) is 6.91. The maximum Gasteiger partial charge on any atom is 0.0692 e. The van der Waals surface area contributed by atoms with Crippen molar-refractivity contribution < 1.29 is 5.11 Å². The highest BCUT2D eigenvalue weighted by molar-refractivity contribution is 5.33. The summed E-state index contributed by atoms with van der Waals surface area (Å²) in [7, 11) is 0. The van der Waals surface area contributed by atoms with Crippen molar-refractivity contribution in [1.29, 1.82) is 0 Å². The predicted octanol–water partition coefficient (Wildman–Crippen LogP) is 3.60. The van der Waals surface area contributed by atoms with Crippen LogP contribution in [0.2, 0.25) is 0 Å². The topological polar surface area (TPSA) is 32.3 Å². The lowest BCUT2D eigenvalue weighted by Gasteiger charge is -2.26. The maximum atomic E-state index is 10.3. The second kappa shape index (κ2) is 7.42. The van der Waals surface area contributed by atoms with Crippen LogP contribution in [0.3, 0.4) is 0 Å². The lowest BCUT2D eigenvalue weighted by Crippen LogP contribution is -2.33. The Morgan fingerprint density at radius 2 is 1.76 bits per heavy atom. The van der Waals surface area contributed by atoms with E-state index < -0.39 is 0 Å². The van der Waals surface area contributed by atoms with Crippen LogP contribution >= 0.6 is 0 Å². The summed E-state index contributed by atoms with van der Waals surface area (Å²) >= 11 is 0. The van der Waals surface area contributed by atoms with Gasteiger partial charge < -0.3 is 10.4 Å². The van der Waals surface area contributed by atoms with Gasteiger partial charge in [0.2, 0.25) is 0 Å². The molecule has 0 aliphatic heterocycles. The van der Waals surface area contributed by atoms with Gasteiger partial charge in [0.25, 0.3) is 0 Å². The Labute approximate surface area is 129 Å². The number of aryl methyl sites for hydroxylation is 2. The Balaban J connectivity index is 1.46. The van der Waals surface area contributed by atoms with Crippen LogP contribution in [0.1, 0.15) is 61.6 Å². The zero-order valence-corrected chi connectivity index (χ0v) is 13.1. The van der Waals surface area contributed by atoms with Crippen LogP contribution in [0.4, 0.5) is 0 Å².